The van der Waals surface area contributed by atoms with Gasteiger partial charge in [-0.2, -0.15) is 0 Å². The summed E-state index contributed by atoms with van der Waals surface area (Å²) in [6, 6.07) is 0. The van der Waals surface area contributed by atoms with Crippen LogP contribution >= 0.6 is 7.82 Å². The molecule has 0 aliphatic rings. The highest BCUT2D eigenvalue weighted by Crippen LogP contribution is 2.50. The fourth-order valence-corrected chi connectivity index (χ4v) is 1.31. The lowest BCUT2D eigenvalue weighted by atomic mass is 10.3. The Labute approximate surface area is 87.4 Å². The average molecular weight is 240 g/mol. The van der Waals surface area contributed by atoms with Crippen LogP contribution in [0, 0.1) is 0 Å². The van der Waals surface area contributed by atoms with Crippen molar-refractivity contribution in [3.05, 3.63) is 11.6 Å². The minimum atomic E-state index is -4.18. The first-order valence-electron chi connectivity index (χ1n) is 3.90. The maximum absolute atomic E-state index is 11.5. The van der Waals surface area contributed by atoms with Crippen molar-refractivity contribution in [3.63, 3.8) is 0 Å². The lowest BCUT2D eigenvalue weighted by Crippen LogP contribution is -2.07. The second kappa shape index (κ2) is 6.71. The van der Waals surface area contributed by atoms with Crippen LogP contribution in [0.3, 0.4) is 0 Å². The van der Waals surface area contributed by atoms with Crippen LogP contribution in [-0.2, 0) is 33.0 Å². The minimum absolute atomic E-state index is 0.245. The number of carbonyl (C=O) groups excluding carboxylic acids is 1. The number of phosphoric acid groups is 1. The molecule has 0 aliphatic carbocycles. The predicted octanol–water partition coefficient (Wildman–Crippen LogP) is 1.76. The van der Waals surface area contributed by atoms with Gasteiger partial charge in [0, 0.05) is 5.57 Å². The maximum atomic E-state index is 11.5. The van der Waals surface area contributed by atoms with Gasteiger partial charge in [-0.3, -0.25) is 0 Å². The molecule has 7 nitrogen and oxygen atoms in total. The van der Waals surface area contributed by atoms with E-state index in [1.165, 1.54) is 13.0 Å². The number of carbonyl (C=O) groups is 1. The third-order valence-corrected chi connectivity index (χ3v) is 2.33. The van der Waals surface area contributed by atoms with Gasteiger partial charge in [0.05, 0.1) is 14.2 Å². The van der Waals surface area contributed by atoms with Crippen molar-refractivity contribution >= 4 is 13.8 Å². The maximum Gasteiger partial charge on any atom is 0.588 e. The summed E-state index contributed by atoms with van der Waals surface area (Å²) in [4.78, 5) is 19.4. The lowest BCUT2D eigenvalue weighted by molar-refractivity contribution is -0.257. The summed E-state index contributed by atoms with van der Waals surface area (Å²) < 4.78 is 24.3. The first kappa shape index (κ1) is 14.3. The normalized spacial score (nSPS) is 12.7. The van der Waals surface area contributed by atoms with Gasteiger partial charge in [-0.05, 0) is 13.8 Å². The molecular formula is C7H13O7P. The van der Waals surface area contributed by atoms with E-state index in [9.17, 15) is 9.36 Å². The second-order valence-electron chi connectivity index (χ2n) is 2.28. The van der Waals surface area contributed by atoms with Crippen molar-refractivity contribution in [2.45, 2.75) is 13.8 Å². The lowest BCUT2D eigenvalue weighted by Gasteiger charge is -2.12. The minimum Gasteiger partial charge on any atom is -0.364 e. The zero-order valence-electron chi connectivity index (χ0n) is 8.88. The largest absolute Gasteiger partial charge is 0.588 e. The standard InChI is InChI=1S/C7H13O7P/c1-5-6(2)7(8)12-15(9,13-10-3)14-11-4/h5H,1-4H3/b6-5+. The summed E-state index contributed by atoms with van der Waals surface area (Å²) in [7, 11) is -2.01. The zero-order chi connectivity index (χ0) is 11.9. The van der Waals surface area contributed by atoms with E-state index < -0.39 is 13.8 Å². The number of allylic oxidation sites excluding steroid dienone is 1. The van der Waals surface area contributed by atoms with Crippen LogP contribution in [-0.4, -0.2) is 20.2 Å². The molecule has 88 valence electrons. The van der Waals surface area contributed by atoms with Crippen molar-refractivity contribution in [3.8, 4) is 0 Å². The third kappa shape index (κ3) is 5.06. The highest BCUT2D eigenvalue weighted by atomic mass is 31.2. The van der Waals surface area contributed by atoms with Gasteiger partial charge < -0.3 is 4.52 Å². The predicted molar refractivity (Wildman–Crippen MR) is 49.3 cm³/mol. The number of rotatable bonds is 6. The van der Waals surface area contributed by atoms with E-state index in [4.69, 9.17) is 0 Å². The Balaban J connectivity index is 4.55. The van der Waals surface area contributed by atoms with Crippen LogP contribution in [0.5, 0.6) is 0 Å². The summed E-state index contributed by atoms with van der Waals surface area (Å²) in [6.07, 6.45) is 1.48. The molecule has 0 unspecified atom stereocenters. The monoisotopic (exact) mass is 240 g/mol. The van der Waals surface area contributed by atoms with Gasteiger partial charge in [0.2, 0.25) is 0 Å². The van der Waals surface area contributed by atoms with Gasteiger partial charge in [-0.25, -0.2) is 19.1 Å². The van der Waals surface area contributed by atoms with Crippen molar-refractivity contribution in [2.75, 3.05) is 14.2 Å². The Kier molecular flexibility index (Phi) is 6.38. The van der Waals surface area contributed by atoms with Crippen molar-refractivity contribution in [1.82, 2.24) is 0 Å². The molecule has 0 aliphatic heterocycles. The Morgan fingerprint density at radius 3 is 2.00 bits per heavy atom. The molecule has 0 saturated heterocycles. The molecular weight excluding hydrogens is 227 g/mol. The molecule has 15 heavy (non-hydrogen) atoms. The van der Waals surface area contributed by atoms with Crippen LogP contribution in [0.1, 0.15) is 13.8 Å². The fourth-order valence-electron chi connectivity index (χ4n) is 0.517. The SMILES string of the molecule is C/C=C(\C)C(=O)OP(=O)(OOC)OOC. The zero-order valence-corrected chi connectivity index (χ0v) is 9.78. The van der Waals surface area contributed by atoms with Crippen LogP contribution < -0.4 is 0 Å². The smallest absolute Gasteiger partial charge is 0.364 e. The van der Waals surface area contributed by atoms with Crippen LogP contribution in [0.2, 0.25) is 0 Å². The van der Waals surface area contributed by atoms with Gasteiger partial charge in [0.25, 0.3) is 0 Å². The van der Waals surface area contributed by atoms with Gasteiger partial charge in [-0.15, -0.1) is 9.35 Å². The van der Waals surface area contributed by atoms with Crippen molar-refractivity contribution < 1.29 is 33.0 Å². The highest BCUT2D eigenvalue weighted by molar-refractivity contribution is 7.48. The Hall–Kier alpha value is -0.720. The molecule has 0 amide bonds. The summed E-state index contributed by atoms with van der Waals surface area (Å²) in [5.41, 5.74) is 0.245. The van der Waals surface area contributed by atoms with E-state index in [0.29, 0.717) is 0 Å². The Morgan fingerprint density at radius 2 is 1.67 bits per heavy atom. The molecule has 0 bridgehead atoms. The molecule has 0 atom stereocenters. The van der Waals surface area contributed by atoms with Crippen LogP contribution in [0.4, 0.5) is 0 Å². The summed E-state index contributed by atoms with van der Waals surface area (Å²) in [5, 5.41) is 0. The summed E-state index contributed by atoms with van der Waals surface area (Å²) >= 11 is 0. The number of hydrogen-bond donors (Lipinski definition) is 0. The van der Waals surface area contributed by atoms with Gasteiger partial charge in [0.1, 0.15) is 0 Å². The van der Waals surface area contributed by atoms with Crippen LogP contribution in [0.15, 0.2) is 11.6 Å². The van der Waals surface area contributed by atoms with Gasteiger partial charge in [0.15, 0.2) is 0 Å². The molecule has 0 radical (unpaired) electrons. The van der Waals surface area contributed by atoms with E-state index in [1.54, 1.807) is 6.92 Å². The molecule has 0 saturated carbocycles. The summed E-state index contributed by atoms with van der Waals surface area (Å²) in [6.45, 7) is 3.10. The van der Waals surface area contributed by atoms with Crippen molar-refractivity contribution in [2.24, 2.45) is 0 Å². The molecule has 0 rings (SSSR count). The first-order valence-corrected chi connectivity index (χ1v) is 5.36. The van der Waals surface area contributed by atoms with Crippen LogP contribution in [0.25, 0.3) is 0 Å². The van der Waals surface area contributed by atoms with E-state index >= 15 is 0 Å². The molecule has 0 spiro atoms. The second-order valence-corrected chi connectivity index (χ2v) is 3.66. The molecule has 0 aromatic rings. The molecule has 0 aromatic carbocycles. The van der Waals surface area contributed by atoms with E-state index in [0.717, 1.165) is 14.2 Å². The molecule has 0 heterocycles. The first-order chi connectivity index (χ1) is 6.99. The Morgan fingerprint density at radius 1 is 1.20 bits per heavy atom. The fraction of sp³-hybridized carbons (Fsp3) is 0.571. The highest BCUT2D eigenvalue weighted by Gasteiger charge is 2.34. The molecule has 8 heteroatoms. The van der Waals surface area contributed by atoms with E-state index in [-0.39, 0.29) is 5.57 Å². The van der Waals surface area contributed by atoms with Gasteiger partial charge >= 0.3 is 13.8 Å². The van der Waals surface area contributed by atoms with Gasteiger partial charge in [-0.1, -0.05) is 6.08 Å². The topological polar surface area (TPSA) is 80.3 Å². The number of hydrogen-bond acceptors (Lipinski definition) is 7. The quantitative estimate of drug-likeness (QED) is 0.303. The molecule has 0 N–H and O–H groups in total. The van der Waals surface area contributed by atoms with E-state index in [1.807, 2.05) is 0 Å². The van der Waals surface area contributed by atoms with E-state index in [2.05, 4.69) is 23.6 Å². The molecule has 0 fully saturated rings. The Bertz CT molecular complexity index is 275. The molecule has 0 aromatic heterocycles. The van der Waals surface area contributed by atoms with Crippen molar-refractivity contribution in [1.29, 1.82) is 0 Å². The third-order valence-electron chi connectivity index (χ3n) is 1.28. The average Bonchev–Trinajstić information content (AvgIpc) is 2.16. The summed E-state index contributed by atoms with van der Waals surface area (Å²) in [5.74, 6) is -0.852.